The van der Waals surface area contributed by atoms with Crippen molar-refractivity contribution in [2.75, 3.05) is 33.1 Å². The Labute approximate surface area is 365 Å². The first-order chi connectivity index (χ1) is 29.5. The third-order valence-electron chi connectivity index (χ3n) is 11.3. The van der Waals surface area contributed by atoms with Crippen LogP contribution in [0.1, 0.15) is 65.9 Å². The number of hydrogen-bond acceptors (Lipinski definition) is 10. The molecule has 0 aliphatic carbocycles. The van der Waals surface area contributed by atoms with Crippen LogP contribution in [0.5, 0.6) is 0 Å². The smallest absolute Gasteiger partial charge is 0.465 e. The van der Waals surface area contributed by atoms with Gasteiger partial charge in [-0.1, -0.05) is 71.4 Å². The zero-order valence-electron chi connectivity index (χ0n) is 36.6. The molecule has 6 amide bonds. The number of amides is 6. The standard InChI is InChI=1S/C42H59F3N6O11S/c1-9-25(4)35(50(6)39(55)34(24(2)3)48-41(57)58)32(61-7)23-33(52)51-21-13-16-31(51)36(62-8)26(5)37(53)47-30(22-27-14-11-10-12-15-27)38(54)49-63(59,60)29-19-17-28(18-20-29)46-40(56)42(43,44)45/h10-12,14-15,17-20,24-26,30-32,34-36,48H,9,13,16,21-23H2,1-8H3,(H,46,56)(H,47,53)(H,49,54)(H,57,58)/t25-,26+,30-,31-,32+,34-,35-,36+/m0/s1. The Balaban J connectivity index is 1.82. The molecule has 0 unspecified atom stereocenters. The molecule has 21 heteroatoms. The summed E-state index contributed by atoms with van der Waals surface area (Å²) in [4.78, 5) is 80.9. The summed E-state index contributed by atoms with van der Waals surface area (Å²) in [5.74, 6) is -6.43. The fraction of sp³-hybridized carbons (Fsp3) is 0.571. The van der Waals surface area contributed by atoms with Gasteiger partial charge in [0, 0.05) is 39.9 Å². The fourth-order valence-electron chi connectivity index (χ4n) is 7.72. The molecule has 8 atom stereocenters. The van der Waals surface area contributed by atoms with Crippen molar-refractivity contribution in [3.63, 3.8) is 0 Å². The maximum atomic E-state index is 14.2. The number of nitrogens with zero attached hydrogens (tertiary/aromatic N) is 2. The van der Waals surface area contributed by atoms with Crippen molar-refractivity contribution in [2.45, 2.75) is 114 Å². The Morgan fingerprint density at radius 1 is 0.921 bits per heavy atom. The van der Waals surface area contributed by atoms with E-state index in [0.717, 1.165) is 24.3 Å². The summed E-state index contributed by atoms with van der Waals surface area (Å²) in [6, 6.07) is 8.31. The molecule has 0 radical (unpaired) electrons. The SMILES string of the molecule is CC[C@H](C)[C@@H]([C@@H](CC(=O)N1CCC[C@H]1[C@H](OC)[C@@H](C)C(=O)N[C@@H](Cc1ccccc1)C(=O)NS(=O)(=O)c1ccc(NC(=O)C(F)(F)F)cc1)OC)N(C)C(=O)[C@@H](NC(=O)O)C(C)C. The number of halogens is 3. The lowest BCUT2D eigenvalue weighted by Gasteiger charge is -2.40. The molecule has 1 saturated heterocycles. The highest BCUT2D eigenvalue weighted by atomic mass is 32.2. The molecule has 2 aromatic rings. The van der Waals surface area contributed by atoms with Crippen LogP contribution >= 0.6 is 0 Å². The third kappa shape index (κ3) is 14.1. The summed E-state index contributed by atoms with van der Waals surface area (Å²) in [6.45, 7) is 9.13. The van der Waals surface area contributed by atoms with Crippen LogP contribution < -0.4 is 20.7 Å². The lowest BCUT2D eigenvalue weighted by molar-refractivity contribution is -0.167. The second-order valence-corrected chi connectivity index (χ2v) is 17.6. The number of anilines is 1. The minimum absolute atomic E-state index is 0.147. The van der Waals surface area contributed by atoms with Crippen LogP contribution in [-0.2, 0) is 49.9 Å². The van der Waals surface area contributed by atoms with Crippen molar-refractivity contribution >= 4 is 51.3 Å². The second kappa shape index (κ2) is 22.9. The average Bonchev–Trinajstić information content (AvgIpc) is 3.71. The summed E-state index contributed by atoms with van der Waals surface area (Å²) >= 11 is 0. The minimum Gasteiger partial charge on any atom is -0.465 e. The van der Waals surface area contributed by atoms with Gasteiger partial charge in [-0.25, -0.2) is 17.9 Å². The predicted molar refractivity (Wildman–Crippen MR) is 224 cm³/mol. The van der Waals surface area contributed by atoms with Gasteiger partial charge in [0.2, 0.25) is 17.7 Å². The maximum absolute atomic E-state index is 14.2. The van der Waals surface area contributed by atoms with E-state index in [0.29, 0.717) is 31.4 Å². The van der Waals surface area contributed by atoms with Crippen LogP contribution in [0.2, 0.25) is 0 Å². The van der Waals surface area contributed by atoms with E-state index in [-0.39, 0.29) is 36.3 Å². The van der Waals surface area contributed by atoms with Crippen molar-refractivity contribution in [3.8, 4) is 0 Å². The number of rotatable bonds is 21. The first-order valence-electron chi connectivity index (χ1n) is 20.5. The van der Waals surface area contributed by atoms with Crippen LogP contribution in [0.3, 0.4) is 0 Å². The van der Waals surface area contributed by atoms with Crippen molar-refractivity contribution in [1.29, 1.82) is 0 Å². The summed E-state index contributed by atoms with van der Waals surface area (Å²) in [5.41, 5.74) is 0.221. The summed E-state index contributed by atoms with van der Waals surface area (Å²) in [6.07, 6.45) is -6.91. The van der Waals surface area contributed by atoms with E-state index >= 15 is 0 Å². The topological polar surface area (TPSA) is 230 Å². The normalized spacial score (nSPS) is 17.7. The Morgan fingerprint density at radius 3 is 2.06 bits per heavy atom. The van der Waals surface area contributed by atoms with Crippen molar-refractivity contribution in [1.82, 2.24) is 25.2 Å². The zero-order chi connectivity index (χ0) is 47.4. The molecular weight excluding hydrogens is 854 g/mol. The van der Waals surface area contributed by atoms with Gasteiger partial charge in [0.1, 0.15) is 12.1 Å². The molecule has 1 aliphatic heterocycles. The number of hydrogen-bond donors (Lipinski definition) is 5. The van der Waals surface area contributed by atoms with E-state index in [4.69, 9.17) is 9.47 Å². The Morgan fingerprint density at radius 2 is 1.54 bits per heavy atom. The molecule has 5 N–H and O–H groups in total. The molecule has 1 aliphatic rings. The first-order valence-corrected chi connectivity index (χ1v) is 22.0. The fourth-order valence-corrected chi connectivity index (χ4v) is 8.74. The number of carbonyl (C=O) groups excluding carboxylic acids is 5. The Hall–Kier alpha value is -5.28. The highest BCUT2D eigenvalue weighted by molar-refractivity contribution is 7.90. The molecule has 63 heavy (non-hydrogen) atoms. The van der Waals surface area contributed by atoms with Crippen LogP contribution in [0.4, 0.5) is 23.7 Å². The molecule has 0 aromatic heterocycles. The third-order valence-corrected chi connectivity index (χ3v) is 12.7. The summed E-state index contributed by atoms with van der Waals surface area (Å²) in [5, 5.41) is 15.9. The van der Waals surface area contributed by atoms with Crippen LogP contribution in [0.15, 0.2) is 59.5 Å². The summed E-state index contributed by atoms with van der Waals surface area (Å²) < 4.78 is 78.3. The van der Waals surface area contributed by atoms with E-state index in [1.54, 1.807) is 68.4 Å². The van der Waals surface area contributed by atoms with E-state index in [9.17, 15) is 55.5 Å². The number of methoxy groups -OCH3 is 2. The minimum atomic E-state index is -5.18. The Bertz CT molecular complexity index is 2010. The van der Waals surface area contributed by atoms with Gasteiger partial charge in [-0.3, -0.25) is 24.0 Å². The number of alkyl halides is 3. The largest absolute Gasteiger partial charge is 0.471 e. The van der Waals surface area contributed by atoms with Gasteiger partial charge in [-0.2, -0.15) is 13.2 Å². The molecule has 17 nitrogen and oxygen atoms in total. The number of ether oxygens (including phenoxy) is 2. The van der Waals surface area contributed by atoms with Crippen molar-refractivity contribution in [3.05, 3.63) is 60.2 Å². The van der Waals surface area contributed by atoms with E-state index in [1.807, 2.05) is 18.6 Å². The monoisotopic (exact) mass is 912 g/mol. The van der Waals surface area contributed by atoms with Gasteiger partial charge in [0.25, 0.3) is 15.9 Å². The number of carboxylic acid groups (broad SMARTS) is 1. The predicted octanol–water partition coefficient (Wildman–Crippen LogP) is 3.93. The van der Waals surface area contributed by atoms with Crippen molar-refractivity contribution < 1.29 is 64.9 Å². The second-order valence-electron chi connectivity index (χ2n) is 16.0. The van der Waals surface area contributed by atoms with Gasteiger partial charge < -0.3 is 40.3 Å². The van der Waals surface area contributed by atoms with Gasteiger partial charge >= 0.3 is 18.2 Å². The quantitative estimate of drug-likeness (QED) is 0.121. The van der Waals surface area contributed by atoms with Crippen molar-refractivity contribution in [2.24, 2.45) is 17.8 Å². The number of benzene rings is 2. The van der Waals surface area contributed by atoms with Gasteiger partial charge in [0.05, 0.1) is 41.5 Å². The molecule has 1 heterocycles. The number of sulfonamides is 1. The summed E-state index contributed by atoms with van der Waals surface area (Å²) in [7, 11) is -0.276. The molecule has 0 bridgehead atoms. The molecule has 0 saturated carbocycles. The molecule has 3 rings (SSSR count). The van der Waals surface area contributed by atoms with Gasteiger partial charge in [0.15, 0.2) is 0 Å². The highest BCUT2D eigenvalue weighted by Gasteiger charge is 2.44. The highest BCUT2D eigenvalue weighted by Crippen LogP contribution is 2.30. The average molecular weight is 913 g/mol. The van der Waals surface area contributed by atoms with Gasteiger partial charge in [-0.15, -0.1) is 0 Å². The number of carbonyl (C=O) groups is 6. The molecule has 350 valence electrons. The van der Waals surface area contributed by atoms with Crippen LogP contribution in [-0.4, -0.2) is 129 Å². The lowest BCUT2D eigenvalue weighted by atomic mass is 9.89. The van der Waals surface area contributed by atoms with E-state index < -0.39 is 93.1 Å². The number of likely N-dealkylation sites (tertiary alicyclic amines) is 1. The van der Waals surface area contributed by atoms with E-state index in [2.05, 4.69) is 10.6 Å². The zero-order valence-corrected chi connectivity index (χ0v) is 37.4. The van der Waals surface area contributed by atoms with Crippen LogP contribution in [0.25, 0.3) is 0 Å². The number of nitrogens with one attached hydrogen (secondary N) is 4. The lowest BCUT2D eigenvalue weighted by Crippen LogP contribution is -2.57. The maximum Gasteiger partial charge on any atom is 0.471 e. The molecule has 0 spiro atoms. The van der Waals surface area contributed by atoms with Crippen LogP contribution in [0, 0.1) is 17.8 Å². The molecule has 2 aromatic carbocycles. The molecular formula is C42H59F3N6O11S. The Kier molecular flexibility index (Phi) is 18.9. The van der Waals surface area contributed by atoms with E-state index in [1.165, 1.54) is 19.1 Å². The first kappa shape index (κ1) is 52.1. The van der Waals surface area contributed by atoms with Gasteiger partial charge in [-0.05, 0) is 54.5 Å². The molecule has 1 fully saturated rings. The number of likely N-dealkylation sites (N-methyl/N-ethyl adjacent to an activating group) is 1.